The summed E-state index contributed by atoms with van der Waals surface area (Å²) < 4.78 is 39.1. The van der Waals surface area contributed by atoms with Crippen LogP contribution >= 0.6 is 0 Å². The van der Waals surface area contributed by atoms with Gasteiger partial charge in [0.25, 0.3) is 0 Å². The third kappa shape index (κ3) is 7.85. The Morgan fingerprint density at radius 1 is 1.03 bits per heavy atom. The molecule has 2 amide bonds. The number of sulfonamides is 1. The second-order valence-corrected chi connectivity index (χ2v) is 11.1. The zero-order valence-corrected chi connectivity index (χ0v) is 20.7. The van der Waals surface area contributed by atoms with Crippen LogP contribution in [0.2, 0.25) is 0 Å². The fraction of sp³-hybridized carbons (Fsp3) is 0.417. The van der Waals surface area contributed by atoms with E-state index in [0.29, 0.717) is 0 Å². The van der Waals surface area contributed by atoms with Gasteiger partial charge in [-0.3, -0.25) is 13.9 Å². The molecule has 0 aliphatic heterocycles. The van der Waals surface area contributed by atoms with Crippen LogP contribution in [0.1, 0.15) is 38.8 Å². The van der Waals surface area contributed by atoms with Crippen molar-refractivity contribution in [2.24, 2.45) is 0 Å². The Kier molecular flexibility index (Phi) is 8.24. The van der Waals surface area contributed by atoms with Crippen LogP contribution < -0.4 is 9.62 Å². The number of rotatable bonds is 8. The summed E-state index contributed by atoms with van der Waals surface area (Å²) in [6.45, 7) is 8.66. The van der Waals surface area contributed by atoms with Gasteiger partial charge in [0.2, 0.25) is 21.8 Å². The van der Waals surface area contributed by atoms with Gasteiger partial charge in [0, 0.05) is 12.1 Å². The Hall–Kier alpha value is -2.94. The van der Waals surface area contributed by atoms with Crippen LogP contribution in [0.4, 0.5) is 10.1 Å². The molecule has 180 valence electrons. The number of nitrogens with zero attached hydrogens (tertiary/aromatic N) is 2. The summed E-state index contributed by atoms with van der Waals surface area (Å²) in [5.74, 6) is -1.43. The minimum absolute atomic E-state index is 0.124. The quantitative estimate of drug-likeness (QED) is 0.633. The van der Waals surface area contributed by atoms with Crippen LogP contribution in [0.3, 0.4) is 0 Å². The number of hydrogen-bond acceptors (Lipinski definition) is 4. The molecule has 0 aromatic heterocycles. The van der Waals surface area contributed by atoms with E-state index >= 15 is 0 Å². The van der Waals surface area contributed by atoms with Crippen molar-refractivity contribution in [2.75, 3.05) is 17.1 Å². The molecule has 0 saturated carbocycles. The number of nitrogens with one attached hydrogen (secondary N) is 1. The lowest BCUT2D eigenvalue weighted by atomic mass is 10.1. The number of hydrogen-bond donors (Lipinski definition) is 1. The third-order valence-corrected chi connectivity index (χ3v) is 6.07. The first-order valence-electron chi connectivity index (χ1n) is 10.6. The number of carbonyl (C=O) groups excluding carboxylic acids is 2. The molecule has 0 saturated heterocycles. The Labute approximate surface area is 195 Å². The Balaban J connectivity index is 2.38. The summed E-state index contributed by atoms with van der Waals surface area (Å²) in [6, 6.07) is 11.5. The van der Waals surface area contributed by atoms with Crippen molar-refractivity contribution in [2.45, 2.75) is 52.7 Å². The second kappa shape index (κ2) is 10.3. The summed E-state index contributed by atoms with van der Waals surface area (Å²) in [5, 5.41) is 2.86. The zero-order chi connectivity index (χ0) is 25.0. The first-order valence-corrected chi connectivity index (χ1v) is 12.4. The Morgan fingerprint density at radius 3 is 2.06 bits per heavy atom. The Bertz CT molecular complexity index is 1080. The fourth-order valence-corrected chi connectivity index (χ4v) is 4.02. The molecule has 7 nitrogen and oxygen atoms in total. The van der Waals surface area contributed by atoms with E-state index in [9.17, 15) is 22.4 Å². The van der Waals surface area contributed by atoms with Crippen LogP contribution in [0.15, 0.2) is 48.5 Å². The molecule has 0 bridgehead atoms. The first kappa shape index (κ1) is 26.3. The number of aryl methyl sites for hydroxylation is 1. The molecule has 2 aromatic rings. The number of carbonyl (C=O) groups is 2. The van der Waals surface area contributed by atoms with Crippen LogP contribution in [0.25, 0.3) is 0 Å². The van der Waals surface area contributed by atoms with Gasteiger partial charge >= 0.3 is 0 Å². The lowest BCUT2D eigenvalue weighted by Crippen LogP contribution is -2.54. The fourth-order valence-electron chi connectivity index (χ4n) is 3.17. The van der Waals surface area contributed by atoms with E-state index in [2.05, 4.69) is 5.32 Å². The van der Waals surface area contributed by atoms with Crippen LogP contribution in [-0.4, -0.2) is 49.5 Å². The summed E-state index contributed by atoms with van der Waals surface area (Å²) in [4.78, 5) is 27.6. The molecule has 0 heterocycles. The smallest absolute Gasteiger partial charge is 0.244 e. The van der Waals surface area contributed by atoms with Gasteiger partial charge in [-0.2, -0.15) is 0 Å². The van der Waals surface area contributed by atoms with Gasteiger partial charge in [-0.1, -0.05) is 29.8 Å². The largest absolute Gasteiger partial charge is 0.350 e. The Morgan fingerprint density at radius 2 is 1.58 bits per heavy atom. The average molecular weight is 478 g/mol. The molecule has 0 aliphatic carbocycles. The van der Waals surface area contributed by atoms with Crippen molar-refractivity contribution in [1.82, 2.24) is 10.2 Å². The SMILES string of the molecule is Cc1ccc(CN(C(=O)CN(c2ccc(F)cc2)S(C)(=O)=O)C(C)C(=O)NC(C)(C)C)cc1. The lowest BCUT2D eigenvalue weighted by Gasteiger charge is -2.33. The van der Waals surface area contributed by atoms with Gasteiger partial charge in [-0.15, -0.1) is 0 Å². The monoisotopic (exact) mass is 477 g/mol. The van der Waals surface area contributed by atoms with Gasteiger partial charge in [0.1, 0.15) is 18.4 Å². The van der Waals surface area contributed by atoms with E-state index in [1.807, 2.05) is 52.0 Å². The summed E-state index contributed by atoms with van der Waals surface area (Å²) >= 11 is 0. The van der Waals surface area contributed by atoms with Gasteiger partial charge in [-0.05, 0) is 64.4 Å². The predicted octanol–water partition coefficient (Wildman–Crippen LogP) is 3.23. The highest BCUT2D eigenvalue weighted by atomic mass is 32.2. The molecule has 2 aromatic carbocycles. The van der Waals surface area contributed by atoms with E-state index in [-0.39, 0.29) is 18.1 Å². The van der Waals surface area contributed by atoms with Crippen LogP contribution in [-0.2, 0) is 26.2 Å². The number of anilines is 1. The van der Waals surface area contributed by atoms with Crippen molar-refractivity contribution in [3.8, 4) is 0 Å². The van der Waals surface area contributed by atoms with Gasteiger partial charge < -0.3 is 10.2 Å². The van der Waals surface area contributed by atoms with Crippen molar-refractivity contribution >= 4 is 27.5 Å². The molecule has 0 radical (unpaired) electrons. The van der Waals surface area contributed by atoms with Crippen LogP contribution in [0, 0.1) is 12.7 Å². The van der Waals surface area contributed by atoms with Crippen molar-refractivity contribution < 1.29 is 22.4 Å². The first-order chi connectivity index (χ1) is 15.2. The topological polar surface area (TPSA) is 86.8 Å². The predicted molar refractivity (Wildman–Crippen MR) is 128 cm³/mol. The highest BCUT2D eigenvalue weighted by molar-refractivity contribution is 7.92. The molecule has 0 spiro atoms. The van der Waals surface area contributed by atoms with E-state index < -0.39 is 39.9 Å². The normalized spacial score (nSPS) is 12.7. The number of benzene rings is 2. The highest BCUT2D eigenvalue weighted by Gasteiger charge is 2.31. The van der Waals surface area contributed by atoms with E-state index in [1.165, 1.54) is 17.0 Å². The highest BCUT2D eigenvalue weighted by Crippen LogP contribution is 2.20. The minimum atomic E-state index is -3.85. The van der Waals surface area contributed by atoms with Crippen molar-refractivity contribution in [3.05, 3.63) is 65.5 Å². The minimum Gasteiger partial charge on any atom is -0.350 e. The maximum absolute atomic E-state index is 13.4. The molecular formula is C24H32FN3O4S. The maximum Gasteiger partial charge on any atom is 0.244 e. The molecule has 9 heteroatoms. The number of halogens is 1. The van der Waals surface area contributed by atoms with Gasteiger partial charge in [-0.25, -0.2) is 12.8 Å². The summed E-state index contributed by atoms with van der Waals surface area (Å²) in [6.07, 6.45) is 0.976. The average Bonchev–Trinajstić information content (AvgIpc) is 2.69. The summed E-state index contributed by atoms with van der Waals surface area (Å²) in [5.41, 5.74) is 1.51. The zero-order valence-electron chi connectivity index (χ0n) is 19.9. The summed E-state index contributed by atoms with van der Waals surface area (Å²) in [7, 11) is -3.85. The third-order valence-electron chi connectivity index (χ3n) is 4.93. The second-order valence-electron chi connectivity index (χ2n) is 9.17. The molecule has 0 fully saturated rings. The maximum atomic E-state index is 13.4. The molecule has 0 aliphatic rings. The molecule has 1 unspecified atom stereocenters. The van der Waals surface area contributed by atoms with Crippen molar-refractivity contribution in [3.63, 3.8) is 0 Å². The molecule has 1 atom stereocenters. The van der Waals surface area contributed by atoms with Gasteiger partial charge in [0.15, 0.2) is 0 Å². The van der Waals surface area contributed by atoms with E-state index in [0.717, 1.165) is 33.8 Å². The van der Waals surface area contributed by atoms with Gasteiger partial charge in [0.05, 0.1) is 11.9 Å². The van der Waals surface area contributed by atoms with Crippen LogP contribution in [0.5, 0.6) is 0 Å². The molecular weight excluding hydrogens is 445 g/mol. The number of amides is 2. The van der Waals surface area contributed by atoms with E-state index in [4.69, 9.17) is 0 Å². The molecule has 2 rings (SSSR count). The lowest BCUT2D eigenvalue weighted by molar-refractivity contribution is -0.140. The van der Waals surface area contributed by atoms with Crippen molar-refractivity contribution in [1.29, 1.82) is 0 Å². The molecule has 1 N–H and O–H groups in total. The standard InChI is InChI=1S/C24H32FN3O4S/c1-17-7-9-19(10-8-17)15-27(18(2)23(30)26-24(3,4)5)22(29)16-28(33(6,31)32)21-13-11-20(25)12-14-21/h7-14,18H,15-16H2,1-6H3,(H,26,30). The molecule has 33 heavy (non-hydrogen) atoms. The van der Waals surface area contributed by atoms with E-state index in [1.54, 1.807) is 6.92 Å².